The van der Waals surface area contributed by atoms with Crippen LogP contribution < -0.4 is 5.32 Å². The van der Waals surface area contributed by atoms with Crippen LogP contribution in [-0.4, -0.2) is 22.0 Å². The first kappa shape index (κ1) is 14.0. The van der Waals surface area contributed by atoms with E-state index >= 15 is 0 Å². The van der Waals surface area contributed by atoms with Crippen molar-refractivity contribution in [3.8, 4) is 0 Å². The van der Waals surface area contributed by atoms with Gasteiger partial charge >= 0.3 is 5.97 Å². The molecule has 0 bridgehead atoms. The highest BCUT2D eigenvalue weighted by Crippen LogP contribution is 2.18. The van der Waals surface area contributed by atoms with Gasteiger partial charge in [0.1, 0.15) is 11.0 Å². The van der Waals surface area contributed by atoms with Crippen LogP contribution in [0.5, 0.6) is 0 Å². The van der Waals surface area contributed by atoms with E-state index in [0.29, 0.717) is 0 Å². The molecular weight excluding hydrogens is 287 g/mol. The summed E-state index contributed by atoms with van der Waals surface area (Å²) in [7, 11) is 0. The molecule has 0 aliphatic carbocycles. The molecule has 0 saturated carbocycles. The number of nitrogens with one attached hydrogen (secondary N) is 1. The van der Waals surface area contributed by atoms with Crippen LogP contribution in [0.4, 0.5) is 10.1 Å². The van der Waals surface area contributed by atoms with E-state index in [9.17, 15) is 14.0 Å². The average Bonchev–Trinajstić information content (AvgIpc) is 2.41. The van der Waals surface area contributed by atoms with Gasteiger partial charge in [0.05, 0.1) is 16.8 Å². The SMILES string of the molecule is O=C(Nc1ccc(F)cc1C(=O)O)c1ccc(Cl)nc1. The molecule has 0 unspecified atom stereocenters. The molecule has 0 aliphatic rings. The lowest BCUT2D eigenvalue weighted by Gasteiger charge is -2.08. The number of carbonyl (C=O) groups excluding carboxylic acids is 1. The van der Waals surface area contributed by atoms with Gasteiger partial charge in [0.15, 0.2) is 0 Å². The minimum atomic E-state index is -1.34. The van der Waals surface area contributed by atoms with Gasteiger partial charge in [-0.15, -0.1) is 0 Å². The van der Waals surface area contributed by atoms with E-state index < -0.39 is 17.7 Å². The maximum atomic E-state index is 13.0. The molecule has 0 atom stereocenters. The summed E-state index contributed by atoms with van der Waals surface area (Å²) in [6.45, 7) is 0. The Morgan fingerprint density at radius 2 is 2.00 bits per heavy atom. The highest BCUT2D eigenvalue weighted by Gasteiger charge is 2.14. The minimum Gasteiger partial charge on any atom is -0.478 e. The predicted octanol–water partition coefficient (Wildman–Crippen LogP) is 2.82. The Kier molecular flexibility index (Phi) is 3.95. The van der Waals surface area contributed by atoms with E-state index in [-0.39, 0.29) is 22.0 Å². The average molecular weight is 295 g/mol. The van der Waals surface area contributed by atoms with Crippen LogP contribution in [0, 0.1) is 5.82 Å². The fourth-order valence-electron chi connectivity index (χ4n) is 1.51. The zero-order valence-electron chi connectivity index (χ0n) is 9.93. The molecule has 2 N–H and O–H groups in total. The number of aromatic carboxylic acids is 1. The summed E-state index contributed by atoms with van der Waals surface area (Å²) in [6.07, 6.45) is 1.25. The lowest BCUT2D eigenvalue weighted by atomic mass is 10.1. The summed E-state index contributed by atoms with van der Waals surface area (Å²) in [6, 6.07) is 5.94. The number of amides is 1. The molecule has 0 aliphatic heterocycles. The minimum absolute atomic E-state index is 0.00106. The summed E-state index contributed by atoms with van der Waals surface area (Å²) in [5.41, 5.74) is -0.130. The third-order valence-electron chi connectivity index (χ3n) is 2.45. The quantitative estimate of drug-likeness (QED) is 0.853. The highest BCUT2D eigenvalue weighted by atomic mass is 35.5. The van der Waals surface area contributed by atoms with Crippen LogP contribution in [0.1, 0.15) is 20.7 Å². The second kappa shape index (κ2) is 5.66. The number of rotatable bonds is 3. The van der Waals surface area contributed by atoms with Crippen molar-refractivity contribution in [2.75, 3.05) is 5.32 Å². The van der Waals surface area contributed by atoms with Crippen molar-refractivity contribution in [3.05, 3.63) is 58.6 Å². The molecule has 5 nitrogen and oxygen atoms in total. The van der Waals surface area contributed by atoms with Crippen molar-refractivity contribution in [3.63, 3.8) is 0 Å². The van der Waals surface area contributed by atoms with Crippen LogP contribution in [0.2, 0.25) is 5.15 Å². The number of carboxylic acids is 1. The van der Waals surface area contributed by atoms with Crippen LogP contribution >= 0.6 is 11.6 Å². The lowest BCUT2D eigenvalue weighted by molar-refractivity contribution is 0.0697. The van der Waals surface area contributed by atoms with E-state index in [1.165, 1.54) is 24.4 Å². The van der Waals surface area contributed by atoms with Gasteiger partial charge in [-0.05, 0) is 30.3 Å². The number of benzene rings is 1. The second-order valence-electron chi connectivity index (χ2n) is 3.82. The zero-order valence-corrected chi connectivity index (χ0v) is 10.7. The van der Waals surface area contributed by atoms with E-state index in [1.54, 1.807) is 0 Å². The first-order valence-electron chi connectivity index (χ1n) is 5.43. The Morgan fingerprint density at radius 1 is 1.25 bits per heavy atom. The topological polar surface area (TPSA) is 79.3 Å². The third kappa shape index (κ3) is 3.10. The van der Waals surface area contributed by atoms with Gasteiger partial charge < -0.3 is 10.4 Å². The number of carboxylic acid groups (broad SMARTS) is 1. The molecule has 1 aromatic heterocycles. The van der Waals surface area contributed by atoms with E-state index in [0.717, 1.165) is 12.1 Å². The third-order valence-corrected chi connectivity index (χ3v) is 2.67. The molecule has 20 heavy (non-hydrogen) atoms. The van der Waals surface area contributed by atoms with E-state index in [4.69, 9.17) is 16.7 Å². The van der Waals surface area contributed by atoms with Crippen molar-refractivity contribution < 1.29 is 19.1 Å². The van der Waals surface area contributed by atoms with E-state index in [1.807, 2.05) is 0 Å². The van der Waals surface area contributed by atoms with Gasteiger partial charge in [0.2, 0.25) is 0 Å². The van der Waals surface area contributed by atoms with Crippen molar-refractivity contribution >= 4 is 29.2 Å². The fourth-order valence-corrected chi connectivity index (χ4v) is 1.62. The first-order chi connectivity index (χ1) is 9.47. The molecule has 7 heteroatoms. The molecule has 0 radical (unpaired) electrons. The van der Waals surface area contributed by atoms with Crippen molar-refractivity contribution in [1.29, 1.82) is 0 Å². The summed E-state index contributed by atoms with van der Waals surface area (Å²) < 4.78 is 13.0. The van der Waals surface area contributed by atoms with Gasteiger partial charge in [0, 0.05) is 6.20 Å². The Hall–Kier alpha value is -2.47. The van der Waals surface area contributed by atoms with Gasteiger partial charge in [0.25, 0.3) is 5.91 Å². The monoisotopic (exact) mass is 294 g/mol. The number of pyridine rings is 1. The Morgan fingerprint density at radius 3 is 2.60 bits per heavy atom. The maximum Gasteiger partial charge on any atom is 0.337 e. The number of hydrogen-bond donors (Lipinski definition) is 2. The number of carbonyl (C=O) groups is 2. The Balaban J connectivity index is 2.28. The molecule has 2 aromatic rings. The molecule has 0 spiro atoms. The van der Waals surface area contributed by atoms with Gasteiger partial charge in [-0.3, -0.25) is 4.79 Å². The fraction of sp³-hybridized carbons (Fsp3) is 0. The molecule has 0 saturated heterocycles. The van der Waals surface area contributed by atoms with Gasteiger partial charge in [-0.25, -0.2) is 14.2 Å². The van der Waals surface area contributed by atoms with Gasteiger partial charge in [-0.2, -0.15) is 0 Å². The van der Waals surface area contributed by atoms with Crippen molar-refractivity contribution in [2.24, 2.45) is 0 Å². The summed E-state index contributed by atoms with van der Waals surface area (Å²) in [5, 5.41) is 11.6. The molecule has 1 aromatic carbocycles. The summed E-state index contributed by atoms with van der Waals surface area (Å²) >= 11 is 5.60. The molecule has 0 fully saturated rings. The number of halogens is 2. The smallest absolute Gasteiger partial charge is 0.337 e. The number of nitrogens with zero attached hydrogens (tertiary/aromatic N) is 1. The number of anilines is 1. The molecular formula is C13H8ClFN2O3. The van der Waals surface area contributed by atoms with Crippen LogP contribution in [0.3, 0.4) is 0 Å². The standard InChI is InChI=1S/C13H8ClFN2O3/c14-11-4-1-7(6-16-11)12(18)17-10-3-2-8(15)5-9(10)13(19)20/h1-6H,(H,17,18)(H,19,20). The normalized spacial score (nSPS) is 10.1. The zero-order chi connectivity index (χ0) is 14.7. The summed E-state index contributed by atoms with van der Waals surface area (Å²) in [4.78, 5) is 26.6. The Bertz CT molecular complexity index is 674. The maximum absolute atomic E-state index is 13.0. The second-order valence-corrected chi connectivity index (χ2v) is 4.21. The van der Waals surface area contributed by atoms with Crippen LogP contribution in [0.25, 0.3) is 0 Å². The molecule has 102 valence electrons. The number of aromatic nitrogens is 1. The highest BCUT2D eigenvalue weighted by molar-refractivity contribution is 6.29. The predicted molar refractivity (Wildman–Crippen MR) is 70.6 cm³/mol. The molecule has 2 rings (SSSR count). The largest absolute Gasteiger partial charge is 0.478 e. The lowest BCUT2D eigenvalue weighted by Crippen LogP contribution is -2.15. The number of hydrogen-bond acceptors (Lipinski definition) is 3. The first-order valence-corrected chi connectivity index (χ1v) is 5.81. The van der Waals surface area contributed by atoms with Crippen LogP contribution in [0.15, 0.2) is 36.5 Å². The van der Waals surface area contributed by atoms with Crippen molar-refractivity contribution in [1.82, 2.24) is 4.98 Å². The van der Waals surface area contributed by atoms with Crippen LogP contribution in [-0.2, 0) is 0 Å². The van der Waals surface area contributed by atoms with E-state index in [2.05, 4.69) is 10.3 Å². The molecule has 1 amide bonds. The van der Waals surface area contributed by atoms with Gasteiger partial charge in [-0.1, -0.05) is 11.6 Å². The molecule has 1 heterocycles. The summed E-state index contributed by atoms with van der Waals surface area (Å²) in [5.74, 6) is -2.61. The Labute approximate surface area is 118 Å². The van der Waals surface area contributed by atoms with Crippen molar-refractivity contribution in [2.45, 2.75) is 0 Å².